The SMILES string of the molecule is COc1ccc(C(C)NC(=O)CCC(C)CN)c(OC)c1. The first-order chi connectivity index (χ1) is 10.0. The Morgan fingerprint density at radius 3 is 2.57 bits per heavy atom. The number of amides is 1. The van der Waals surface area contributed by atoms with Crippen molar-refractivity contribution >= 4 is 5.91 Å². The van der Waals surface area contributed by atoms with Crippen molar-refractivity contribution in [3.8, 4) is 11.5 Å². The van der Waals surface area contributed by atoms with Gasteiger partial charge in [0.2, 0.25) is 5.91 Å². The van der Waals surface area contributed by atoms with Gasteiger partial charge in [-0.3, -0.25) is 4.79 Å². The highest BCUT2D eigenvalue weighted by Crippen LogP contribution is 2.29. The molecule has 5 heteroatoms. The summed E-state index contributed by atoms with van der Waals surface area (Å²) in [6.07, 6.45) is 1.29. The smallest absolute Gasteiger partial charge is 0.220 e. The lowest BCUT2D eigenvalue weighted by Crippen LogP contribution is -2.27. The molecule has 21 heavy (non-hydrogen) atoms. The number of rotatable bonds is 8. The fraction of sp³-hybridized carbons (Fsp3) is 0.562. The Balaban J connectivity index is 2.66. The summed E-state index contributed by atoms with van der Waals surface area (Å²) in [5.41, 5.74) is 6.48. The van der Waals surface area contributed by atoms with Crippen LogP contribution in [0.3, 0.4) is 0 Å². The summed E-state index contributed by atoms with van der Waals surface area (Å²) < 4.78 is 10.5. The number of benzene rings is 1. The maximum absolute atomic E-state index is 12.0. The Kier molecular flexibility index (Phi) is 7.02. The Labute approximate surface area is 126 Å². The first-order valence-corrected chi connectivity index (χ1v) is 7.23. The summed E-state index contributed by atoms with van der Waals surface area (Å²) in [5.74, 6) is 1.82. The van der Waals surface area contributed by atoms with Gasteiger partial charge in [0.15, 0.2) is 0 Å². The Morgan fingerprint density at radius 2 is 2.00 bits per heavy atom. The fourth-order valence-electron chi connectivity index (χ4n) is 2.06. The highest BCUT2D eigenvalue weighted by molar-refractivity contribution is 5.76. The second-order valence-corrected chi connectivity index (χ2v) is 5.28. The van der Waals surface area contributed by atoms with Crippen LogP contribution >= 0.6 is 0 Å². The van der Waals surface area contributed by atoms with Gasteiger partial charge in [-0.05, 0) is 37.9 Å². The maximum atomic E-state index is 12.0. The molecule has 1 aromatic rings. The average Bonchev–Trinajstić information content (AvgIpc) is 2.51. The standard InChI is InChI=1S/C16H26N2O3/c1-11(10-17)5-8-16(19)18-12(2)14-7-6-13(20-3)9-15(14)21-4/h6-7,9,11-12H,5,8,10,17H2,1-4H3,(H,18,19). The summed E-state index contributed by atoms with van der Waals surface area (Å²) in [4.78, 5) is 12.0. The third-order valence-corrected chi connectivity index (χ3v) is 3.55. The van der Waals surface area contributed by atoms with Gasteiger partial charge in [-0.15, -0.1) is 0 Å². The molecule has 0 aliphatic heterocycles. The predicted octanol–water partition coefficient (Wildman–Crippen LogP) is 2.26. The molecule has 1 rings (SSSR count). The molecule has 0 fully saturated rings. The van der Waals surface area contributed by atoms with Crippen molar-refractivity contribution in [1.82, 2.24) is 5.32 Å². The molecule has 0 aliphatic carbocycles. The summed E-state index contributed by atoms with van der Waals surface area (Å²) >= 11 is 0. The van der Waals surface area contributed by atoms with E-state index in [1.165, 1.54) is 0 Å². The third-order valence-electron chi connectivity index (χ3n) is 3.55. The quantitative estimate of drug-likeness (QED) is 0.771. The van der Waals surface area contributed by atoms with Gasteiger partial charge in [0, 0.05) is 18.1 Å². The van der Waals surface area contributed by atoms with Gasteiger partial charge in [-0.2, -0.15) is 0 Å². The summed E-state index contributed by atoms with van der Waals surface area (Å²) in [7, 11) is 3.22. The number of carbonyl (C=O) groups is 1. The molecule has 118 valence electrons. The molecule has 3 N–H and O–H groups in total. The number of methoxy groups -OCH3 is 2. The molecule has 0 aliphatic rings. The fourth-order valence-corrected chi connectivity index (χ4v) is 2.06. The molecular weight excluding hydrogens is 268 g/mol. The van der Waals surface area contributed by atoms with Gasteiger partial charge in [0.25, 0.3) is 0 Å². The van der Waals surface area contributed by atoms with E-state index in [4.69, 9.17) is 15.2 Å². The number of nitrogens with one attached hydrogen (secondary N) is 1. The Morgan fingerprint density at radius 1 is 1.29 bits per heavy atom. The van der Waals surface area contributed by atoms with E-state index in [1.807, 2.05) is 32.0 Å². The molecule has 1 amide bonds. The van der Waals surface area contributed by atoms with Gasteiger partial charge < -0.3 is 20.5 Å². The van der Waals surface area contributed by atoms with E-state index in [0.717, 1.165) is 17.7 Å². The van der Waals surface area contributed by atoms with Crippen LogP contribution in [-0.4, -0.2) is 26.7 Å². The van der Waals surface area contributed by atoms with Crippen LogP contribution in [0, 0.1) is 5.92 Å². The van der Waals surface area contributed by atoms with E-state index in [-0.39, 0.29) is 11.9 Å². The largest absolute Gasteiger partial charge is 0.497 e. The van der Waals surface area contributed by atoms with Crippen LogP contribution in [0.15, 0.2) is 18.2 Å². The van der Waals surface area contributed by atoms with Crippen molar-refractivity contribution in [1.29, 1.82) is 0 Å². The molecule has 2 unspecified atom stereocenters. The first-order valence-electron chi connectivity index (χ1n) is 7.23. The van der Waals surface area contributed by atoms with Crippen molar-refractivity contribution in [3.05, 3.63) is 23.8 Å². The van der Waals surface area contributed by atoms with Crippen molar-refractivity contribution in [2.45, 2.75) is 32.7 Å². The molecule has 0 saturated heterocycles. The number of ether oxygens (including phenoxy) is 2. The second-order valence-electron chi connectivity index (χ2n) is 5.28. The highest BCUT2D eigenvalue weighted by Gasteiger charge is 2.15. The lowest BCUT2D eigenvalue weighted by Gasteiger charge is -2.18. The topological polar surface area (TPSA) is 73.6 Å². The minimum Gasteiger partial charge on any atom is -0.497 e. The van der Waals surface area contributed by atoms with Crippen molar-refractivity contribution < 1.29 is 14.3 Å². The zero-order valence-corrected chi connectivity index (χ0v) is 13.3. The molecule has 0 heterocycles. The minimum atomic E-state index is -0.119. The lowest BCUT2D eigenvalue weighted by atomic mass is 10.0. The minimum absolute atomic E-state index is 0.0284. The van der Waals surface area contributed by atoms with Crippen LogP contribution in [0.5, 0.6) is 11.5 Å². The molecule has 0 spiro atoms. The van der Waals surface area contributed by atoms with Crippen LogP contribution in [0.4, 0.5) is 0 Å². The van der Waals surface area contributed by atoms with Crippen LogP contribution in [0.25, 0.3) is 0 Å². The number of hydrogen-bond acceptors (Lipinski definition) is 4. The zero-order chi connectivity index (χ0) is 15.8. The van der Waals surface area contributed by atoms with Crippen molar-refractivity contribution in [2.24, 2.45) is 11.7 Å². The van der Waals surface area contributed by atoms with Gasteiger partial charge in [-0.25, -0.2) is 0 Å². The molecular formula is C16H26N2O3. The zero-order valence-electron chi connectivity index (χ0n) is 13.3. The van der Waals surface area contributed by atoms with Crippen molar-refractivity contribution in [3.63, 3.8) is 0 Å². The van der Waals surface area contributed by atoms with E-state index in [2.05, 4.69) is 5.32 Å². The van der Waals surface area contributed by atoms with Crippen LogP contribution in [-0.2, 0) is 4.79 Å². The summed E-state index contributed by atoms with van der Waals surface area (Å²) in [6.45, 7) is 4.59. The normalized spacial score (nSPS) is 13.4. The van der Waals surface area contributed by atoms with E-state index < -0.39 is 0 Å². The van der Waals surface area contributed by atoms with E-state index in [0.29, 0.717) is 24.6 Å². The lowest BCUT2D eigenvalue weighted by molar-refractivity contribution is -0.122. The van der Waals surface area contributed by atoms with Crippen LogP contribution in [0.1, 0.15) is 38.3 Å². The van der Waals surface area contributed by atoms with E-state index >= 15 is 0 Å². The predicted molar refractivity (Wildman–Crippen MR) is 83.6 cm³/mol. The molecule has 5 nitrogen and oxygen atoms in total. The number of carbonyl (C=O) groups excluding carboxylic acids is 1. The molecule has 1 aromatic carbocycles. The summed E-state index contributed by atoms with van der Waals surface area (Å²) in [5, 5.41) is 2.99. The highest BCUT2D eigenvalue weighted by atomic mass is 16.5. The van der Waals surface area contributed by atoms with Crippen molar-refractivity contribution in [2.75, 3.05) is 20.8 Å². The van der Waals surface area contributed by atoms with E-state index in [9.17, 15) is 4.79 Å². The Bertz CT molecular complexity index is 463. The maximum Gasteiger partial charge on any atom is 0.220 e. The molecule has 0 aromatic heterocycles. The third kappa shape index (κ3) is 5.27. The monoisotopic (exact) mass is 294 g/mol. The molecule has 0 bridgehead atoms. The number of hydrogen-bond donors (Lipinski definition) is 2. The first kappa shape index (κ1) is 17.3. The van der Waals surface area contributed by atoms with E-state index in [1.54, 1.807) is 14.2 Å². The molecule has 0 radical (unpaired) electrons. The second kappa shape index (κ2) is 8.52. The Hall–Kier alpha value is -1.75. The summed E-state index contributed by atoms with van der Waals surface area (Å²) in [6, 6.07) is 5.46. The molecule has 2 atom stereocenters. The van der Waals surface area contributed by atoms with Gasteiger partial charge in [-0.1, -0.05) is 6.92 Å². The van der Waals surface area contributed by atoms with Gasteiger partial charge in [0.05, 0.1) is 20.3 Å². The van der Waals surface area contributed by atoms with Gasteiger partial charge in [0.1, 0.15) is 11.5 Å². The average molecular weight is 294 g/mol. The van der Waals surface area contributed by atoms with Gasteiger partial charge >= 0.3 is 0 Å². The molecule has 0 saturated carbocycles. The number of nitrogens with two attached hydrogens (primary N) is 1. The van der Waals surface area contributed by atoms with Crippen LogP contribution < -0.4 is 20.5 Å². The van der Waals surface area contributed by atoms with Crippen LogP contribution in [0.2, 0.25) is 0 Å².